The van der Waals surface area contributed by atoms with Crippen molar-refractivity contribution in [3.8, 4) is 0 Å². The second-order valence-corrected chi connectivity index (χ2v) is 7.57. The zero-order valence-corrected chi connectivity index (χ0v) is 19.0. The third-order valence-corrected chi connectivity index (χ3v) is 5.33. The van der Waals surface area contributed by atoms with Crippen molar-refractivity contribution >= 4 is 5.96 Å². The van der Waals surface area contributed by atoms with Crippen LogP contribution in [-0.4, -0.2) is 22.3 Å². The summed E-state index contributed by atoms with van der Waals surface area (Å²) in [5, 5.41) is 11.3. The molecule has 1 aromatic heterocycles. The maximum atomic E-state index is 5.95. The number of guanidine groups is 1. The highest BCUT2D eigenvalue weighted by Gasteiger charge is 2.10. The number of aliphatic imine (C=N–C) groups is 1. The van der Waals surface area contributed by atoms with Crippen LogP contribution in [0.3, 0.4) is 0 Å². The largest absolute Gasteiger partial charge is 0.372 e. The van der Waals surface area contributed by atoms with Crippen LogP contribution in [0.1, 0.15) is 40.6 Å². The second kappa shape index (κ2) is 11.3. The fourth-order valence-electron chi connectivity index (χ4n) is 3.46. The van der Waals surface area contributed by atoms with Gasteiger partial charge in [-0.25, -0.2) is 4.99 Å². The molecule has 0 saturated heterocycles. The molecular formula is C25H33N5O. The van der Waals surface area contributed by atoms with Gasteiger partial charge in [-0.3, -0.25) is 4.68 Å². The van der Waals surface area contributed by atoms with E-state index in [1.807, 2.05) is 49.0 Å². The van der Waals surface area contributed by atoms with Crippen molar-refractivity contribution in [3.63, 3.8) is 0 Å². The number of rotatable bonds is 9. The van der Waals surface area contributed by atoms with Gasteiger partial charge in [-0.2, -0.15) is 5.10 Å². The predicted molar refractivity (Wildman–Crippen MR) is 126 cm³/mol. The molecule has 6 nitrogen and oxygen atoms in total. The minimum Gasteiger partial charge on any atom is -0.372 e. The van der Waals surface area contributed by atoms with Gasteiger partial charge in [0.05, 0.1) is 25.5 Å². The molecule has 0 spiro atoms. The van der Waals surface area contributed by atoms with Gasteiger partial charge in [-0.15, -0.1) is 0 Å². The molecule has 0 radical (unpaired) electrons. The van der Waals surface area contributed by atoms with E-state index in [-0.39, 0.29) is 0 Å². The number of nitrogens with one attached hydrogen (secondary N) is 2. The van der Waals surface area contributed by atoms with Crippen LogP contribution in [0.5, 0.6) is 0 Å². The minimum atomic E-state index is 0.568. The number of hydrogen-bond acceptors (Lipinski definition) is 3. The van der Waals surface area contributed by atoms with Gasteiger partial charge in [-0.05, 0) is 37.5 Å². The maximum absolute atomic E-state index is 5.95. The van der Waals surface area contributed by atoms with Crippen LogP contribution >= 0.6 is 0 Å². The quantitative estimate of drug-likeness (QED) is 0.406. The molecule has 31 heavy (non-hydrogen) atoms. The van der Waals surface area contributed by atoms with E-state index in [4.69, 9.17) is 9.73 Å². The van der Waals surface area contributed by atoms with Crippen LogP contribution < -0.4 is 10.6 Å². The number of aryl methyl sites for hydroxylation is 2. The second-order valence-electron chi connectivity index (χ2n) is 7.57. The maximum Gasteiger partial charge on any atom is 0.191 e. The molecule has 6 heteroatoms. The molecule has 0 amide bonds. The van der Waals surface area contributed by atoms with E-state index < -0.39 is 0 Å². The summed E-state index contributed by atoms with van der Waals surface area (Å²) >= 11 is 0. The van der Waals surface area contributed by atoms with Crippen molar-refractivity contribution < 1.29 is 4.74 Å². The average molecular weight is 420 g/mol. The fraction of sp³-hybridized carbons (Fsp3) is 0.360. The number of ether oxygens (including phenoxy) is 1. The molecule has 0 atom stereocenters. The zero-order chi connectivity index (χ0) is 22.1. The smallest absolute Gasteiger partial charge is 0.191 e. The van der Waals surface area contributed by atoms with Crippen LogP contribution in [0.25, 0.3) is 0 Å². The molecule has 164 valence electrons. The van der Waals surface area contributed by atoms with E-state index in [0.717, 1.165) is 23.8 Å². The Morgan fingerprint density at radius 2 is 1.68 bits per heavy atom. The Balaban J connectivity index is 1.62. The standard InChI is InChI=1S/C25H33N5O/c1-5-26-25(28-16-24-19(2)29-30(4)20(24)3)27-15-22-13-9-10-14-23(22)18-31-17-21-11-7-6-8-12-21/h6-14H,5,15-18H2,1-4H3,(H2,26,27,28). The Morgan fingerprint density at radius 1 is 0.968 bits per heavy atom. The summed E-state index contributed by atoms with van der Waals surface area (Å²) in [6.07, 6.45) is 0. The first kappa shape index (κ1) is 22.6. The SMILES string of the molecule is CCNC(=NCc1ccccc1COCc1ccccc1)NCc1c(C)nn(C)c1C. The highest BCUT2D eigenvalue weighted by Crippen LogP contribution is 2.14. The summed E-state index contributed by atoms with van der Waals surface area (Å²) in [5.74, 6) is 0.796. The van der Waals surface area contributed by atoms with Gasteiger partial charge in [0.1, 0.15) is 0 Å². The summed E-state index contributed by atoms with van der Waals surface area (Å²) in [7, 11) is 1.97. The monoisotopic (exact) mass is 419 g/mol. The van der Waals surface area contributed by atoms with Gasteiger partial charge < -0.3 is 15.4 Å². The number of aromatic nitrogens is 2. The first-order valence-corrected chi connectivity index (χ1v) is 10.8. The molecule has 0 aliphatic carbocycles. The predicted octanol–water partition coefficient (Wildman–Crippen LogP) is 4.01. The third kappa shape index (κ3) is 6.43. The molecule has 0 aliphatic heterocycles. The lowest BCUT2D eigenvalue weighted by Crippen LogP contribution is -2.37. The van der Waals surface area contributed by atoms with Gasteiger partial charge in [-0.1, -0.05) is 54.6 Å². The summed E-state index contributed by atoms with van der Waals surface area (Å²) in [6.45, 7) is 9.46. The lowest BCUT2D eigenvalue weighted by molar-refractivity contribution is 0.106. The minimum absolute atomic E-state index is 0.568. The number of benzene rings is 2. The van der Waals surface area contributed by atoms with E-state index in [9.17, 15) is 0 Å². The Hall–Kier alpha value is -3.12. The lowest BCUT2D eigenvalue weighted by Gasteiger charge is -2.13. The van der Waals surface area contributed by atoms with Crippen LogP contribution in [0.4, 0.5) is 0 Å². The van der Waals surface area contributed by atoms with Crippen molar-refractivity contribution in [1.29, 1.82) is 0 Å². The van der Waals surface area contributed by atoms with Crippen LogP contribution in [0, 0.1) is 13.8 Å². The number of hydrogen-bond donors (Lipinski definition) is 2. The Morgan fingerprint density at radius 3 is 2.35 bits per heavy atom. The van der Waals surface area contributed by atoms with E-state index in [1.54, 1.807) is 0 Å². The van der Waals surface area contributed by atoms with Crippen molar-refractivity contribution in [3.05, 3.63) is 88.2 Å². The summed E-state index contributed by atoms with van der Waals surface area (Å²) < 4.78 is 7.86. The lowest BCUT2D eigenvalue weighted by atomic mass is 10.1. The molecule has 0 unspecified atom stereocenters. The summed E-state index contributed by atoms with van der Waals surface area (Å²) in [4.78, 5) is 4.80. The molecule has 0 bridgehead atoms. The van der Waals surface area contributed by atoms with Crippen molar-refractivity contribution in [2.24, 2.45) is 12.0 Å². The Labute approximate surface area is 185 Å². The van der Waals surface area contributed by atoms with Crippen molar-refractivity contribution in [2.45, 2.75) is 47.1 Å². The van der Waals surface area contributed by atoms with Crippen LogP contribution in [0.2, 0.25) is 0 Å². The van der Waals surface area contributed by atoms with E-state index in [0.29, 0.717) is 26.3 Å². The summed E-state index contributed by atoms with van der Waals surface area (Å²) in [6, 6.07) is 18.6. The molecular weight excluding hydrogens is 386 g/mol. The molecule has 1 heterocycles. The van der Waals surface area contributed by atoms with Crippen LogP contribution in [0.15, 0.2) is 59.6 Å². The molecule has 3 aromatic rings. The average Bonchev–Trinajstić information content (AvgIpc) is 3.02. The van der Waals surface area contributed by atoms with Crippen molar-refractivity contribution in [2.75, 3.05) is 6.54 Å². The number of nitrogens with zero attached hydrogens (tertiary/aromatic N) is 3. The molecule has 3 rings (SSSR count). The Kier molecular flexibility index (Phi) is 8.24. The molecule has 2 aromatic carbocycles. The Bertz CT molecular complexity index is 994. The molecule has 0 fully saturated rings. The van der Waals surface area contributed by atoms with Gasteiger partial charge >= 0.3 is 0 Å². The van der Waals surface area contributed by atoms with Gasteiger partial charge in [0, 0.05) is 31.4 Å². The van der Waals surface area contributed by atoms with E-state index in [1.165, 1.54) is 22.4 Å². The van der Waals surface area contributed by atoms with E-state index >= 15 is 0 Å². The van der Waals surface area contributed by atoms with Crippen molar-refractivity contribution in [1.82, 2.24) is 20.4 Å². The van der Waals surface area contributed by atoms with Gasteiger partial charge in [0.25, 0.3) is 0 Å². The molecule has 0 aliphatic rings. The molecule has 2 N–H and O–H groups in total. The summed E-state index contributed by atoms with van der Waals surface area (Å²) in [5.41, 5.74) is 6.94. The van der Waals surface area contributed by atoms with Crippen LogP contribution in [-0.2, 0) is 38.1 Å². The van der Waals surface area contributed by atoms with Gasteiger partial charge in [0.15, 0.2) is 5.96 Å². The van der Waals surface area contributed by atoms with E-state index in [2.05, 4.69) is 53.8 Å². The fourth-order valence-corrected chi connectivity index (χ4v) is 3.46. The first-order valence-electron chi connectivity index (χ1n) is 10.8. The normalized spacial score (nSPS) is 11.5. The van der Waals surface area contributed by atoms with Gasteiger partial charge in [0.2, 0.25) is 0 Å². The topological polar surface area (TPSA) is 63.5 Å². The zero-order valence-electron chi connectivity index (χ0n) is 19.0. The first-order chi connectivity index (χ1) is 15.1. The highest BCUT2D eigenvalue weighted by molar-refractivity contribution is 5.79. The molecule has 0 saturated carbocycles. The third-order valence-electron chi connectivity index (χ3n) is 5.33. The highest BCUT2D eigenvalue weighted by atomic mass is 16.5.